The normalized spacial score (nSPS) is 15.9. The summed E-state index contributed by atoms with van der Waals surface area (Å²) < 4.78 is 2.69. The Hall–Kier alpha value is -2.15. The Morgan fingerprint density at radius 3 is 2.76 bits per heavy atom. The number of carbonyl (C=O) groups excluding carboxylic acids is 1. The molecule has 0 aliphatic heterocycles. The van der Waals surface area contributed by atoms with Gasteiger partial charge in [0.2, 0.25) is 0 Å². The van der Waals surface area contributed by atoms with Gasteiger partial charge in [-0.25, -0.2) is 0 Å². The fraction of sp³-hybridized carbons (Fsp3) is 0.389. The number of carboxylic acid groups (broad SMARTS) is 1. The number of amides is 1. The van der Waals surface area contributed by atoms with Crippen LogP contribution in [0.2, 0.25) is 0 Å². The number of aliphatic carboxylic acids is 1. The van der Waals surface area contributed by atoms with Crippen molar-refractivity contribution < 1.29 is 14.7 Å². The van der Waals surface area contributed by atoms with E-state index in [1.807, 2.05) is 29.1 Å². The molecule has 0 bridgehead atoms. The summed E-state index contributed by atoms with van der Waals surface area (Å²) in [5, 5.41) is 16.3. The number of benzene rings is 1. The molecular weight excluding hydrogens is 386 g/mol. The molecule has 1 aromatic heterocycles. The van der Waals surface area contributed by atoms with Crippen molar-refractivity contribution in [2.75, 3.05) is 0 Å². The number of halogens is 1. The molecule has 6 nitrogen and oxygen atoms in total. The van der Waals surface area contributed by atoms with Gasteiger partial charge in [-0.1, -0.05) is 40.9 Å². The van der Waals surface area contributed by atoms with Crippen molar-refractivity contribution in [1.29, 1.82) is 0 Å². The van der Waals surface area contributed by atoms with Gasteiger partial charge in [0.25, 0.3) is 5.91 Å². The lowest BCUT2D eigenvalue weighted by Gasteiger charge is -2.17. The van der Waals surface area contributed by atoms with Crippen molar-refractivity contribution in [3.05, 3.63) is 52.3 Å². The Labute approximate surface area is 154 Å². The van der Waals surface area contributed by atoms with E-state index in [0.29, 0.717) is 11.7 Å². The lowest BCUT2D eigenvalue weighted by Crippen LogP contribution is -2.30. The number of aromatic nitrogens is 2. The molecule has 1 amide bonds. The average molecular weight is 406 g/mol. The van der Waals surface area contributed by atoms with Crippen LogP contribution in [0.3, 0.4) is 0 Å². The topological polar surface area (TPSA) is 84.2 Å². The number of nitrogens with zero attached hydrogens (tertiary/aromatic N) is 2. The van der Waals surface area contributed by atoms with E-state index in [1.54, 1.807) is 12.1 Å². The molecule has 1 atom stereocenters. The third kappa shape index (κ3) is 4.48. The quantitative estimate of drug-likeness (QED) is 0.766. The van der Waals surface area contributed by atoms with Crippen LogP contribution in [0, 0.1) is 0 Å². The van der Waals surface area contributed by atoms with Crippen LogP contribution in [0.25, 0.3) is 0 Å². The first kappa shape index (κ1) is 17.7. The molecule has 2 aromatic rings. The molecule has 2 N–H and O–H groups in total. The fourth-order valence-corrected chi connectivity index (χ4v) is 3.63. The first-order valence-electron chi connectivity index (χ1n) is 8.36. The minimum absolute atomic E-state index is 0.189. The summed E-state index contributed by atoms with van der Waals surface area (Å²) in [6, 6.07) is 8.72. The monoisotopic (exact) mass is 405 g/mol. The SMILES string of the molecule is O=C(O)CC(NC(=O)c1ccn(C2CCCC2)n1)c1cccc(Br)c1. The molecule has 25 heavy (non-hydrogen) atoms. The van der Waals surface area contributed by atoms with Crippen molar-refractivity contribution in [3.8, 4) is 0 Å². The minimum Gasteiger partial charge on any atom is -0.481 e. The van der Waals surface area contributed by atoms with E-state index in [4.69, 9.17) is 5.11 Å². The van der Waals surface area contributed by atoms with Gasteiger partial charge in [-0.2, -0.15) is 5.10 Å². The standard InChI is InChI=1S/C18H20BrN3O3/c19-13-5-3-4-12(10-13)16(11-17(23)24)20-18(25)15-8-9-22(21-15)14-6-1-2-7-14/h3-5,8-10,14,16H,1-2,6-7,11H2,(H,20,25)(H,23,24). The van der Waals surface area contributed by atoms with E-state index in [1.165, 1.54) is 12.8 Å². The van der Waals surface area contributed by atoms with E-state index < -0.39 is 12.0 Å². The van der Waals surface area contributed by atoms with Crippen LogP contribution in [0.5, 0.6) is 0 Å². The van der Waals surface area contributed by atoms with Crippen molar-refractivity contribution in [2.24, 2.45) is 0 Å². The molecule has 1 aliphatic rings. The lowest BCUT2D eigenvalue weighted by molar-refractivity contribution is -0.137. The predicted molar refractivity (Wildman–Crippen MR) is 96.3 cm³/mol. The highest BCUT2D eigenvalue weighted by molar-refractivity contribution is 9.10. The Bertz CT molecular complexity index is 768. The zero-order chi connectivity index (χ0) is 17.8. The fourth-order valence-electron chi connectivity index (χ4n) is 3.21. The van der Waals surface area contributed by atoms with Gasteiger partial charge < -0.3 is 10.4 Å². The van der Waals surface area contributed by atoms with E-state index in [9.17, 15) is 9.59 Å². The Morgan fingerprint density at radius 1 is 1.32 bits per heavy atom. The number of hydrogen-bond acceptors (Lipinski definition) is 3. The maximum Gasteiger partial charge on any atom is 0.305 e. The maximum absolute atomic E-state index is 12.5. The Balaban J connectivity index is 1.74. The van der Waals surface area contributed by atoms with Gasteiger partial charge in [-0.15, -0.1) is 0 Å². The molecule has 1 heterocycles. The van der Waals surface area contributed by atoms with Gasteiger partial charge in [-0.3, -0.25) is 14.3 Å². The van der Waals surface area contributed by atoms with Crippen LogP contribution in [-0.2, 0) is 4.79 Å². The van der Waals surface area contributed by atoms with Gasteiger partial charge in [0, 0.05) is 10.7 Å². The summed E-state index contributed by atoms with van der Waals surface area (Å²) in [6.45, 7) is 0. The number of hydrogen-bond donors (Lipinski definition) is 2. The first-order valence-corrected chi connectivity index (χ1v) is 9.15. The summed E-state index contributed by atoms with van der Waals surface area (Å²) in [5.74, 6) is -1.33. The summed E-state index contributed by atoms with van der Waals surface area (Å²) in [5.41, 5.74) is 1.05. The lowest BCUT2D eigenvalue weighted by atomic mass is 10.0. The molecule has 1 saturated carbocycles. The van der Waals surface area contributed by atoms with Crippen LogP contribution < -0.4 is 5.32 Å². The first-order chi connectivity index (χ1) is 12.0. The molecule has 3 rings (SSSR count). The van der Waals surface area contributed by atoms with E-state index in [-0.39, 0.29) is 12.3 Å². The molecule has 1 aromatic carbocycles. The third-order valence-electron chi connectivity index (χ3n) is 4.47. The molecule has 132 valence electrons. The molecule has 1 aliphatic carbocycles. The molecule has 7 heteroatoms. The largest absolute Gasteiger partial charge is 0.481 e. The van der Waals surface area contributed by atoms with Crippen LogP contribution in [-0.4, -0.2) is 26.8 Å². The second-order valence-electron chi connectivity index (χ2n) is 6.30. The van der Waals surface area contributed by atoms with Crippen molar-refractivity contribution >= 4 is 27.8 Å². The van der Waals surface area contributed by atoms with Gasteiger partial charge in [0.15, 0.2) is 0 Å². The average Bonchev–Trinajstić information content (AvgIpc) is 3.25. The predicted octanol–water partition coefficient (Wildman–Crippen LogP) is 3.71. The van der Waals surface area contributed by atoms with E-state index in [2.05, 4.69) is 26.3 Å². The second-order valence-corrected chi connectivity index (χ2v) is 7.21. The summed E-state index contributed by atoms with van der Waals surface area (Å²) in [7, 11) is 0. The number of rotatable bonds is 6. The number of carboxylic acids is 1. The smallest absolute Gasteiger partial charge is 0.305 e. The van der Waals surface area contributed by atoms with E-state index >= 15 is 0 Å². The van der Waals surface area contributed by atoms with Crippen LogP contribution >= 0.6 is 15.9 Å². The van der Waals surface area contributed by atoms with Crippen LogP contribution in [0.15, 0.2) is 41.0 Å². The summed E-state index contributed by atoms with van der Waals surface area (Å²) in [6.07, 6.45) is 6.19. The number of carbonyl (C=O) groups is 2. The van der Waals surface area contributed by atoms with Gasteiger partial charge in [0.1, 0.15) is 5.69 Å². The molecule has 0 radical (unpaired) electrons. The van der Waals surface area contributed by atoms with Gasteiger partial charge in [0.05, 0.1) is 18.5 Å². The van der Waals surface area contributed by atoms with E-state index in [0.717, 1.165) is 22.9 Å². The molecule has 0 spiro atoms. The highest BCUT2D eigenvalue weighted by atomic mass is 79.9. The van der Waals surface area contributed by atoms with Crippen molar-refractivity contribution in [2.45, 2.75) is 44.2 Å². The van der Waals surface area contributed by atoms with Crippen molar-refractivity contribution in [1.82, 2.24) is 15.1 Å². The molecule has 1 fully saturated rings. The zero-order valence-corrected chi connectivity index (χ0v) is 15.3. The third-order valence-corrected chi connectivity index (χ3v) is 4.97. The molecule has 0 saturated heterocycles. The maximum atomic E-state index is 12.5. The minimum atomic E-state index is -0.971. The number of nitrogens with one attached hydrogen (secondary N) is 1. The van der Waals surface area contributed by atoms with Crippen LogP contribution in [0.1, 0.15) is 60.2 Å². The van der Waals surface area contributed by atoms with Crippen LogP contribution in [0.4, 0.5) is 0 Å². The Kier molecular flexibility index (Phi) is 5.53. The zero-order valence-electron chi connectivity index (χ0n) is 13.7. The summed E-state index contributed by atoms with van der Waals surface area (Å²) in [4.78, 5) is 23.7. The van der Waals surface area contributed by atoms with Gasteiger partial charge in [-0.05, 0) is 36.6 Å². The highest BCUT2D eigenvalue weighted by Crippen LogP contribution is 2.28. The van der Waals surface area contributed by atoms with Gasteiger partial charge >= 0.3 is 5.97 Å². The summed E-state index contributed by atoms with van der Waals surface area (Å²) >= 11 is 3.37. The Morgan fingerprint density at radius 2 is 2.08 bits per heavy atom. The molecule has 1 unspecified atom stereocenters. The molecular formula is C18H20BrN3O3. The highest BCUT2D eigenvalue weighted by Gasteiger charge is 2.22. The second kappa shape index (κ2) is 7.82. The van der Waals surface area contributed by atoms with Crippen molar-refractivity contribution in [3.63, 3.8) is 0 Å².